The Balaban J connectivity index is 2.27. The van der Waals surface area contributed by atoms with E-state index in [4.69, 9.17) is 18.0 Å². The monoisotopic (exact) mass is 327 g/mol. The first-order valence-corrected chi connectivity index (χ1v) is 8.41. The van der Waals surface area contributed by atoms with Crippen molar-refractivity contribution in [3.63, 3.8) is 0 Å². The molecule has 1 aromatic carbocycles. The first-order chi connectivity index (χ1) is 9.81. The highest BCUT2D eigenvalue weighted by Crippen LogP contribution is 2.18. The Morgan fingerprint density at radius 3 is 2.76 bits per heavy atom. The number of thiocarbonyl (C=S) groups is 1. The molecule has 2 rings (SSSR count). The summed E-state index contributed by atoms with van der Waals surface area (Å²) in [5, 5.41) is 2.65. The van der Waals surface area contributed by atoms with Gasteiger partial charge < -0.3 is 11.1 Å². The third kappa shape index (κ3) is 3.58. The summed E-state index contributed by atoms with van der Waals surface area (Å²) in [6.07, 6.45) is 1.24. The van der Waals surface area contributed by atoms with Crippen molar-refractivity contribution in [2.24, 2.45) is 5.73 Å². The van der Waals surface area contributed by atoms with Gasteiger partial charge in [0.1, 0.15) is 11.0 Å². The van der Waals surface area contributed by atoms with Gasteiger partial charge in [0.15, 0.2) is 0 Å². The minimum absolute atomic E-state index is 0.126. The molecule has 1 heterocycles. The second kappa shape index (κ2) is 6.08. The van der Waals surface area contributed by atoms with Crippen molar-refractivity contribution < 1.29 is 13.2 Å². The van der Waals surface area contributed by atoms with Crippen molar-refractivity contribution in [2.45, 2.75) is 30.7 Å². The van der Waals surface area contributed by atoms with Crippen molar-refractivity contribution in [2.75, 3.05) is 6.54 Å². The Labute approximate surface area is 129 Å². The molecule has 0 aromatic heterocycles. The van der Waals surface area contributed by atoms with Crippen molar-refractivity contribution >= 4 is 33.1 Å². The molecule has 8 heteroatoms. The molecule has 1 fully saturated rings. The van der Waals surface area contributed by atoms with E-state index in [-0.39, 0.29) is 15.8 Å². The van der Waals surface area contributed by atoms with Crippen LogP contribution in [0.25, 0.3) is 0 Å². The first-order valence-electron chi connectivity index (χ1n) is 6.52. The number of hydrogen-bond acceptors (Lipinski definition) is 4. The minimum atomic E-state index is -3.76. The molecule has 1 unspecified atom stereocenters. The summed E-state index contributed by atoms with van der Waals surface area (Å²) < 4.78 is 27.2. The van der Waals surface area contributed by atoms with E-state index < -0.39 is 16.1 Å². The van der Waals surface area contributed by atoms with Crippen LogP contribution in [-0.4, -0.2) is 31.9 Å². The van der Waals surface area contributed by atoms with Crippen LogP contribution in [0.1, 0.15) is 24.0 Å². The van der Waals surface area contributed by atoms with Gasteiger partial charge in [0.05, 0.1) is 4.90 Å². The maximum atomic E-state index is 12.4. The van der Waals surface area contributed by atoms with E-state index in [1.54, 1.807) is 19.1 Å². The minimum Gasteiger partial charge on any atom is -0.389 e. The van der Waals surface area contributed by atoms with E-state index in [2.05, 4.69) is 10.0 Å². The molecule has 6 nitrogen and oxygen atoms in total. The lowest BCUT2D eigenvalue weighted by Gasteiger charge is -2.23. The van der Waals surface area contributed by atoms with Gasteiger partial charge in [-0.15, -0.1) is 0 Å². The molecule has 0 saturated carbocycles. The molecule has 21 heavy (non-hydrogen) atoms. The Morgan fingerprint density at radius 2 is 2.19 bits per heavy atom. The number of rotatable bonds is 4. The Bertz CT molecular complexity index is 686. The van der Waals surface area contributed by atoms with Crippen LogP contribution in [0.4, 0.5) is 0 Å². The van der Waals surface area contributed by atoms with E-state index in [1.807, 2.05) is 0 Å². The number of hydrogen-bond donors (Lipinski definition) is 3. The number of nitrogens with one attached hydrogen (secondary N) is 2. The lowest BCUT2D eigenvalue weighted by Crippen LogP contribution is -2.50. The molecule has 1 atom stereocenters. The average molecular weight is 327 g/mol. The molecule has 1 aliphatic heterocycles. The van der Waals surface area contributed by atoms with Crippen LogP contribution in [0.15, 0.2) is 23.1 Å². The summed E-state index contributed by atoms with van der Waals surface area (Å²) in [6.45, 7) is 2.25. The SMILES string of the molecule is Cc1cc(C(N)=S)ccc1S(=O)(=O)NC1CCCNC1=O. The van der Waals surface area contributed by atoms with Gasteiger partial charge in [-0.1, -0.05) is 18.3 Å². The zero-order valence-electron chi connectivity index (χ0n) is 11.5. The molecule has 0 bridgehead atoms. The highest BCUT2D eigenvalue weighted by molar-refractivity contribution is 7.89. The third-order valence-electron chi connectivity index (χ3n) is 3.33. The number of carbonyl (C=O) groups is 1. The fraction of sp³-hybridized carbons (Fsp3) is 0.385. The highest BCUT2D eigenvalue weighted by Gasteiger charge is 2.28. The van der Waals surface area contributed by atoms with E-state index in [0.717, 1.165) is 6.42 Å². The fourth-order valence-corrected chi connectivity index (χ4v) is 3.82. The fourth-order valence-electron chi connectivity index (χ4n) is 2.24. The molecule has 1 saturated heterocycles. The molecule has 0 radical (unpaired) electrons. The molecule has 114 valence electrons. The molecular formula is C13H17N3O3S2. The summed E-state index contributed by atoms with van der Waals surface area (Å²) in [4.78, 5) is 12.0. The van der Waals surface area contributed by atoms with Gasteiger partial charge >= 0.3 is 0 Å². The molecule has 4 N–H and O–H groups in total. The van der Waals surface area contributed by atoms with Crippen molar-refractivity contribution in [1.29, 1.82) is 0 Å². The van der Waals surface area contributed by atoms with Gasteiger partial charge in [-0.3, -0.25) is 4.79 Å². The van der Waals surface area contributed by atoms with Crippen LogP contribution >= 0.6 is 12.2 Å². The molecule has 1 amide bonds. The molecule has 1 aliphatic rings. The molecule has 0 aliphatic carbocycles. The number of amides is 1. The molecule has 0 spiro atoms. The summed E-state index contributed by atoms with van der Waals surface area (Å²) in [5.41, 5.74) is 6.66. The highest BCUT2D eigenvalue weighted by atomic mass is 32.2. The van der Waals surface area contributed by atoms with E-state index in [9.17, 15) is 13.2 Å². The number of carbonyl (C=O) groups excluding carboxylic acids is 1. The largest absolute Gasteiger partial charge is 0.389 e. The van der Waals surface area contributed by atoms with Crippen LogP contribution in [-0.2, 0) is 14.8 Å². The van der Waals surface area contributed by atoms with E-state index in [1.165, 1.54) is 6.07 Å². The summed E-state index contributed by atoms with van der Waals surface area (Å²) in [7, 11) is -3.76. The summed E-state index contributed by atoms with van der Waals surface area (Å²) >= 11 is 4.86. The van der Waals surface area contributed by atoms with Gasteiger partial charge in [-0.2, -0.15) is 4.72 Å². The lowest BCUT2D eigenvalue weighted by atomic mass is 10.1. The average Bonchev–Trinajstić information content (AvgIpc) is 2.40. The van der Waals surface area contributed by atoms with Crippen LogP contribution in [0.2, 0.25) is 0 Å². The number of sulfonamides is 1. The Kier molecular flexibility index (Phi) is 4.60. The third-order valence-corrected chi connectivity index (χ3v) is 5.20. The number of piperidine rings is 1. The predicted molar refractivity (Wildman–Crippen MR) is 83.4 cm³/mol. The number of benzene rings is 1. The van der Waals surface area contributed by atoms with Crippen LogP contribution in [0.5, 0.6) is 0 Å². The van der Waals surface area contributed by atoms with Crippen molar-refractivity contribution in [3.05, 3.63) is 29.3 Å². The van der Waals surface area contributed by atoms with Gasteiger partial charge in [0.2, 0.25) is 15.9 Å². The Morgan fingerprint density at radius 1 is 1.48 bits per heavy atom. The van der Waals surface area contributed by atoms with Crippen LogP contribution < -0.4 is 15.8 Å². The Hall–Kier alpha value is -1.51. The van der Waals surface area contributed by atoms with E-state index in [0.29, 0.717) is 24.1 Å². The number of nitrogens with two attached hydrogens (primary N) is 1. The molecular weight excluding hydrogens is 310 g/mol. The maximum absolute atomic E-state index is 12.4. The first kappa shape index (κ1) is 15.9. The standard InChI is InChI=1S/C13H17N3O3S2/c1-8-7-9(12(14)20)4-5-11(8)21(18,19)16-10-3-2-6-15-13(10)17/h4-5,7,10,16H,2-3,6H2,1H3,(H2,14,20)(H,15,17). The van der Waals surface area contributed by atoms with Crippen molar-refractivity contribution in [1.82, 2.24) is 10.0 Å². The van der Waals surface area contributed by atoms with Gasteiger partial charge in [0, 0.05) is 12.1 Å². The van der Waals surface area contributed by atoms with Gasteiger partial charge in [0.25, 0.3) is 0 Å². The van der Waals surface area contributed by atoms with Gasteiger partial charge in [-0.05, 0) is 37.5 Å². The smallest absolute Gasteiger partial charge is 0.241 e. The van der Waals surface area contributed by atoms with Crippen LogP contribution in [0.3, 0.4) is 0 Å². The maximum Gasteiger partial charge on any atom is 0.241 e. The quantitative estimate of drug-likeness (QED) is 0.685. The summed E-state index contributed by atoms with van der Waals surface area (Å²) in [5.74, 6) is -0.290. The second-order valence-electron chi connectivity index (χ2n) is 4.95. The van der Waals surface area contributed by atoms with Gasteiger partial charge in [-0.25, -0.2) is 8.42 Å². The predicted octanol–water partition coefficient (Wildman–Crippen LogP) is 0.186. The second-order valence-corrected chi connectivity index (χ2v) is 7.07. The molecule has 1 aromatic rings. The summed E-state index contributed by atoms with van der Waals surface area (Å²) in [6, 6.07) is 3.91. The number of aryl methyl sites for hydroxylation is 1. The van der Waals surface area contributed by atoms with Crippen molar-refractivity contribution in [3.8, 4) is 0 Å². The zero-order chi connectivity index (χ0) is 15.6. The van der Waals surface area contributed by atoms with E-state index >= 15 is 0 Å². The zero-order valence-corrected chi connectivity index (χ0v) is 13.2. The topological polar surface area (TPSA) is 101 Å². The van der Waals surface area contributed by atoms with Crippen LogP contribution in [0, 0.1) is 6.92 Å². The normalized spacial score (nSPS) is 19.1. The lowest BCUT2D eigenvalue weighted by molar-refractivity contribution is -0.124.